The Hall–Kier alpha value is -2.83. The molecule has 0 saturated heterocycles. The Labute approximate surface area is 199 Å². The Morgan fingerprint density at radius 1 is 1.03 bits per heavy atom. The van der Waals surface area contributed by atoms with E-state index < -0.39 is 0 Å². The van der Waals surface area contributed by atoms with E-state index in [2.05, 4.69) is 16.0 Å². The van der Waals surface area contributed by atoms with Crippen LogP contribution in [0.2, 0.25) is 0 Å². The molecule has 34 heavy (non-hydrogen) atoms. The molecule has 0 aromatic rings. The van der Waals surface area contributed by atoms with E-state index in [9.17, 15) is 24.0 Å². The number of ether oxygens (including phenoxy) is 2. The van der Waals surface area contributed by atoms with E-state index in [0.717, 1.165) is 17.7 Å². The van der Waals surface area contributed by atoms with Crippen molar-refractivity contribution in [1.82, 2.24) is 20.9 Å². The van der Waals surface area contributed by atoms with Gasteiger partial charge in [0.2, 0.25) is 17.7 Å². The summed E-state index contributed by atoms with van der Waals surface area (Å²) in [5.41, 5.74) is 5.70. The fourth-order valence-electron chi connectivity index (χ4n) is 3.16. The second-order valence-electron chi connectivity index (χ2n) is 7.67. The molecule has 1 atom stereocenters. The van der Waals surface area contributed by atoms with Crippen LogP contribution in [0.5, 0.6) is 0 Å². The molecule has 192 valence electrons. The number of nitrogens with zero attached hydrogens (tertiary/aromatic N) is 1. The van der Waals surface area contributed by atoms with E-state index in [1.54, 1.807) is 14.0 Å². The number of likely N-dealkylation sites (N-methyl/N-ethyl adjacent to an activating group) is 1. The molecule has 1 aliphatic heterocycles. The minimum atomic E-state index is -0.388. The quantitative estimate of drug-likeness (QED) is 0.128. The van der Waals surface area contributed by atoms with E-state index in [1.165, 1.54) is 6.08 Å². The molecule has 0 spiro atoms. The second-order valence-corrected chi connectivity index (χ2v) is 7.67. The topological polar surface area (TPSA) is 169 Å². The van der Waals surface area contributed by atoms with Crippen molar-refractivity contribution in [1.29, 1.82) is 0 Å². The van der Waals surface area contributed by atoms with Gasteiger partial charge in [0.05, 0.1) is 25.9 Å². The van der Waals surface area contributed by atoms with Gasteiger partial charge in [0.15, 0.2) is 0 Å². The third kappa shape index (κ3) is 11.3. The lowest BCUT2D eigenvalue weighted by atomic mass is 10.1. The lowest BCUT2D eigenvalue weighted by Gasteiger charge is -2.14. The standard InChI is InChI=1S/C22H37N5O7/c1-3-16-14-20(30)27(22(16)32)10-7-18(28)26-9-11-33-12-13-34-15-19(29)25-8-5-4-6-17(24-2)21(23)31/h14,17,24H,3-13,15H2,1-2H3,(H2,23,31)(H,25,29)(H,26,28). The third-order valence-electron chi connectivity index (χ3n) is 5.13. The van der Waals surface area contributed by atoms with Gasteiger partial charge in [-0.1, -0.05) is 6.92 Å². The minimum absolute atomic E-state index is 0.0295. The average Bonchev–Trinajstić information content (AvgIpc) is 3.08. The molecule has 1 rings (SSSR count). The lowest BCUT2D eigenvalue weighted by molar-refractivity contribution is -0.137. The van der Waals surface area contributed by atoms with Crippen LogP contribution in [0.25, 0.3) is 0 Å². The normalized spacial score (nSPS) is 14.2. The van der Waals surface area contributed by atoms with Gasteiger partial charge in [-0.15, -0.1) is 0 Å². The summed E-state index contributed by atoms with van der Waals surface area (Å²) in [5, 5.41) is 8.23. The molecule has 0 aromatic carbocycles. The summed E-state index contributed by atoms with van der Waals surface area (Å²) in [5.74, 6) is -1.61. The molecule has 5 amide bonds. The predicted octanol–water partition coefficient (Wildman–Crippen LogP) is -1.41. The van der Waals surface area contributed by atoms with Gasteiger partial charge in [-0.25, -0.2) is 0 Å². The summed E-state index contributed by atoms with van der Waals surface area (Å²) >= 11 is 0. The predicted molar refractivity (Wildman–Crippen MR) is 123 cm³/mol. The van der Waals surface area contributed by atoms with Crippen molar-refractivity contribution in [3.05, 3.63) is 11.6 Å². The Bertz CT molecular complexity index is 741. The van der Waals surface area contributed by atoms with Crippen LogP contribution < -0.4 is 21.7 Å². The van der Waals surface area contributed by atoms with Gasteiger partial charge in [-0.05, 0) is 32.7 Å². The van der Waals surface area contributed by atoms with Crippen LogP contribution in [-0.4, -0.2) is 93.6 Å². The first-order valence-electron chi connectivity index (χ1n) is 11.5. The van der Waals surface area contributed by atoms with Gasteiger partial charge in [-0.2, -0.15) is 0 Å². The number of hydrogen-bond acceptors (Lipinski definition) is 8. The Morgan fingerprint density at radius 2 is 1.74 bits per heavy atom. The molecular formula is C22H37N5O7. The van der Waals surface area contributed by atoms with Crippen LogP contribution in [0, 0.1) is 0 Å². The van der Waals surface area contributed by atoms with Gasteiger partial charge < -0.3 is 31.2 Å². The first-order valence-corrected chi connectivity index (χ1v) is 11.5. The summed E-state index contributed by atoms with van der Waals surface area (Å²) in [6, 6.07) is -0.356. The summed E-state index contributed by atoms with van der Waals surface area (Å²) in [7, 11) is 1.68. The number of nitrogens with two attached hydrogens (primary N) is 1. The maximum absolute atomic E-state index is 12.0. The maximum atomic E-state index is 12.0. The molecule has 1 heterocycles. The first kappa shape index (κ1) is 29.2. The Morgan fingerprint density at radius 3 is 2.38 bits per heavy atom. The number of amides is 5. The van der Waals surface area contributed by atoms with Crippen molar-refractivity contribution in [2.45, 2.75) is 45.1 Å². The van der Waals surface area contributed by atoms with E-state index >= 15 is 0 Å². The van der Waals surface area contributed by atoms with Crippen LogP contribution in [0.4, 0.5) is 0 Å². The third-order valence-corrected chi connectivity index (χ3v) is 5.13. The maximum Gasteiger partial charge on any atom is 0.256 e. The number of unbranched alkanes of at least 4 members (excludes halogenated alkanes) is 1. The lowest BCUT2D eigenvalue weighted by Crippen LogP contribution is -2.39. The van der Waals surface area contributed by atoms with Crippen LogP contribution in [0.3, 0.4) is 0 Å². The van der Waals surface area contributed by atoms with Crippen LogP contribution in [-0.2, 0) is 33.4 Å². The highest BCUT2D eigenvalue weighted by atomic mass is 16.5. The van der Waals surface area contributed by atoms with Crippen molar-refractivity contribution in [2.75, 3.05) is 53.1 Å². The zero-order valence-electron chi connectivity index (χ0n) is 20.0. The van der Waals surface area contributed by atoms with E-state index in [4.69, 9.17) is 15.2 Å². The fourth-order valence-corrected chi connectivity index (χ4v) is 3.16. The number of nitrogens with one attached hydrogen (secondary N) is 3. The molecule has 12 heteroatoms. The van der Waals surface area contributed by atoms with Crippen molar-refractivity contribution >= 4 is 29.5 Å². The molecule has 1 unspecified atom stereocenters. The van der Waals surface area contributed by atoms with Crippen molar-refractivity contribution < 1.29 is 33.4 Å². The molecule has 0 fully saturated rings. The molecule has 0 aliphatic carbocycles. The fraction of sp³-hybridized carbons (Fsp3) is 0.682. The Kier molecular flexibility index (Phi) is 14.4. The Balaban J connectivity index is 1.95. The number of carbonyl (C=O) groups is 5. The summed E-state index contributed by atoms with van der Waals surface area (Å²) in [6.45, 7) is 3.30. The number of hydrogen-bond donors (Lipinski definition) is 4. The average molecular weight is 484 g/mol. The van der Waals surface area contributed by atoms with Gasteiger partial charge in [0.1, 0.15) is 6.61 Å². The molecule has 0 aromatic heterocycles. The van der Waals surface area contributed by atoms with Crippen LogP contribution in [0.1, 0.15) is 39.0 Å². The van der Waals surface area contributed by atoms with Crippen molar-refractivity contribution in [2.24, 2.45) is 5.73 Å². The summed E-state index contributed by atoms with van der Waals surface area (Å²) in [4.78, 5) is 59.4. The van der Waals surface area contributed by atoms with Gasteiger partial charge >= 0.3 is 0 Å². The zero-order valence-corrected chi connectivity index (χ0v) is 20.0. The number of carbonyl (C=O) groups excluding carboxylic acids is 5. The molecular weight excluding hydrogens is 446 g/mol. The highest BCUT2D eigenvalue weighted by molar-refractivity contribution is 6.16. The van der Waals surface area contributed by atoms with E-state index in [0.29, 0.717) is 25.0 Å². The van der Waals surface area contributed by atoms with Crippen molar-refractivity contribution in [3.63, 3.8) is 0 Å². The van der Waals surface area contributed by atoms with Gasteiger partial charge in [0, 0.05) is 37.7 Å². The number of rotatable bonds is 19. The van der Waals surface area contributed by atoms with Crippen molar-refractivity contribution in [3.8, 4) is 0 Å². The summed E-state index contributed by atoms with van der Waals surface area (Å²) in [6.07, 6.45) is 3.93. The molecule has 1 aliphatic rings. The van der Waals surface area contributed by atoms with Gasteiger partial charge in [-0.3, -0.25) is 28.9 Å². The second kappa shape index (κ2) is 16.7. The van der Waals surface area contributed by atoms with E-state index in [1.807, 2.05) is 0 Å². The monoisotopic (exact) mass is 483 g/mol. The van der Waals surface area contributed by atoms with Crippen LogP contribution in [0.15, 0.2) is 11.6 Å². The molecule has 0 radical (unpaired) electrons. The van der Waals surface area contributed by atoms with Crippen LogP contribution >= 0.6 is 0 Å². The van der Waals surface area contributed by atoms with Gasteiger partial charge in [0.25, 0.3) is 11.8 Å². The van der Waals surface area contributed by atoms with E-state index in [-0.39, 0.29) is 81.5 Å². The highest BCUT2D eigenvalue weighted by Crippen LogP contribution is 2.15. The molecule has 5 N–H and O–H groups in total. The smallest absolute Gasteiger partial charge is 0.256 e. The number of imide groups is 1. The first-order chi connectivity index (χ1) is 16.3. The SMILES string of the molecule is CCC1=CC(=O)N(CCC(=O)NCCOCCOCC(=O)NCCCCC(NC)C(N)=O)C1=O. The zero-order chi connectivity index (χ0) is 25.3. The minimum Gasteiger partial charge on any atom is -0.377 e. The highest BCUT2D eigenvalue weighted by Gasteiger charge is 2.29. The molecule has 12 nitrogen and oxygen atoms in total. The largest absolute Gasteiger partial charge is 0.377 e. The number of primary amides is 1. The summed E-state index contributed by atoms with van der Waals surface area (Å²) < 4.78 is 10.6. The molecule has 0 saturated carbocycles. The molecule has 0 bridgehead atoms.